The van der Waals surface area contributed by atoms with Crippen molar-refractivity contribution >= 4 is 5.65 Å². The predicted octanol–water partition coefficient (Wildman–Crippen LogP) is 1.07. The molecule has 1 unspecified atom stereocenters. The van der Waals surface area contributed by atoms with E-state index in [2.05, 4.69) is 15.2 Å². The van der Waals surface area contributed by atoms with Crippen LogP contribution < -0.4 is 5.73 Å². The molecule has 0 radical (unpaired) electrons. The van der Waals surface area contributed by atoms with Gasteiger partial charge in [0.05, 0.1) is 12.2 Å². The average Bonchev–Trinajstić information content (AvgIpc) is 2.85. The molecule has 96 valence electrons. The molecular weight excluding hydrogens is 242 g/mol. The summed E-state index contributed by atoms with van der Waals surface area (Å²) in [4.78, 5) is 3.99. The van der Waals surface area contributed by atoms with Gasteiger partial charge in [-0.3, -0.25) is 9.38 Å². The van der Waals surface area contributed by atoms with Crippen LogP contribution in [0.4, 0.5) is 0 Å². The van der Waals surface area contributed by atoms with Crippen molar-refractivity contribution in [2.24, 2.45) is 5.73 Å². The maximum atomic E-state index is 9.25. The highest BCUT2D eigenvalue weighted by atomic mass is 16.3. The Bertz CT molecular complexity index is 692. The molecule has 3 N–H and O–H groups in total. The lowest BCUT2D eigenvalue weighted by Crippen LogP contribution is -2.16. The minimum absolute atomic E-state index is 0.247. The maximum Gasteiger partial charge on any atom is 0.179 e. The Morgan fingerprint density at radius 1 is 1.21 bits per heavy atom. The molecule has 19 heavy (non-hydrogen) atoms. The van der Waals surface area contributed by atoms with E-state index in [0.29, 0.717) is 17.9 Å². The molecule has 0 amide bonds. The molecule has 0 saturated carbocycles. The zero-order valence-corrected chi connectivity index (χ0v) is 10.1. The summed E-state index contributed by atoms with van der Waals surface area (Å²) in [6.07, 6.45) is 5.74. The first-order valence-corrected chi connectivity index (χ1v) is 5.92. The lowest BCUT2D eigenvalue weighted by Gasteiger charge is -2.09. The van der Waals surface area contributed by atoms with Crippen molar-refractivity contribution in [3.05, 3.63) is 54.2 Å². The van der Waals surface area contributed by atoms with Gasteiger partial charge in [0.1, 0.15) is 5.75 Å². The SMILES string of the molecule is NC(Cc1ccc(O)cc1)c1nnc2cnccn12. The zero-order valence-electron chi connectivity index (χ0n) is 10.1. The number of nitrogens with two attached hydrogens (primary N) is 1. The van der Waals surface area contributed by atoms with Gasteiger partial charge < -0.3 is 10.8 Å². The van der Waals surface area contributed by atoms with Crippen molar-refractivity contribution in [3.63, 3.8) is 0 Å². The Morgan fingerprint density at radius 3 is 2.79 bits per heavy atom. The van der Waals surface area contributed by atoms with Gasteiger partial charge in [-0.25, -0.2) is 0 Å². The fourth-order valence-electron chi connectivity index (χ4n) is 2.00. The van der Waals surface area contributed by atoms with E-state index in [4.69, 9.17) is 5.73 Å². The first-order valence-electron chi connectivity index (χ1n) is 5.92. The molecular formula is C13H13N5O. The molecule has 1 aromatic carbocycles. The van der Waals surface area contributed by atoms with Gasteiger partial charge in [-0.05, 0) is 24.1 Å². The molecule has 6 heteroatoms. The highest BCUT2D eigenvalue weighted by molar-refractivity contribution is 5.35. The van der Waals surface area contributed by atoms with E-state index in [1.54, 1.807) is 30.7 Å². The van der Waals surface area contributed by atoms with Crippen LogP contribution in [-0.2, 0) is 6.42 Å². The number of hydrogen-bond acceptors (Lipinski definition) is 5. The van der Waals surface area contributed by atoms with Crippen LogP contribution in [-0.4, -0.2) is 24.7 Å². The van der Waals surface area contributed by atoms with E-state index in [9.17, 15) is 5.11 Å². The zero-order chi connectivity index (χ0) is 13.2. The van der Waals surface area contributed by atoms with Crippen LogP contribution in [0.5, 0.6) is 5.75 Å². The fraction of sp³-hybridized carbons (Fsp3) is 0.154. The highest BCUT2D eigenvalue weighted by Gasteiger charge is 2.14. The third-order valence-corrected chi connectivity index (χ3v) is 2.96. The largest absolute Gasteiger partial charge is 0.508 e. The summed E-state index contributed by atoms with van der Waals surface area (Å²) in [5.41, 5.74) is 7.89. The minimum Gasteiger partial charge on any atom is -0.508 e. The van der Waals surface area contributed by atoms with Gasteiger partial charge in [0.15, 0.2) is 11.5 Å². The molecule has 3 aromatic rings. The second-order valence-electron chi connectivity index (χ2n) is 4.34. The van der Waals surface area contributed by atoms with Crippen LogP contribution in [0, 0.1) is 0 Å². The highest BCUT2D eigenvalue weighted by Crippen LogP contribution is 2.17. The number of rotatable bonds is 3. The number of hydrogen-bond donors (Lipinski definition) is 2. The molecule has 3 rings (SSSR count). The van der Waals surface area contributed by atoms with E-state index >= 15 is 0 Å². The molecule has 0 bridgehead atoms. The van der Waals surface area contributed by atoms with Gasteiger partial charge in [-0.15, -0.1) is 10.2 Å². The Balaban J connectivity index is 1.87. The Kier molecular flexibility index (Phi) is 2.85. The minimum atomic E-state index is -0.262. The smallest absolute Gasteiger partial charge is 0.179 e. The van der Waals surface area contributed by atoms with E-state index in [1.807, 2.05) is 16.5 Å². The van der Waals surface area contributed by atoms with Crippen molar-refractivity contribution in [2.45, 2.75) is 12.5 Å². The standard InChI is InChI=1S/C13H13N5O/c14-11(7-9-1-3-10(19)4-2-9)13-17-16-12-8-15-5-6-18(12)13/h1-6,8,11,19H,7,14H2. The predicted molar refractivity (Wildman–Crippen MR) is 69.5 cm³/mol. The topological polar surface area (TPSA) is 89.3 Å². The quantitative estimate of drug-likeness (QED) is 0.730. The van der Waals surface area contributed by atoms with Gasteiger partial charge in [-0.2, -0.15) is 0 Å². The third kappa shape index (κ3) is 2.25. The summed E-state index contributed by atoms with van der Waals surface area (Å²) >= 11 is 0. The van der Waals surface area contributed by atoms with Gasteiger partial charge in [0, 0.05) is 12.4 Å². The van der Waals surface area contributed by atoms with Gasteiger partial charge in [-0.1, -0.05) is 12.1 Å². The van der Waals surface area contributed by atoms with Crippen molar-refractivity contribution in [3.8, 4) is 5.75 Å². The number of phenols is 1. The molecule has 6 nitrogen and oxygen atoms in total. The Hall–Kier alpha value is -2.47. The monoisotopic (exact) mass is 255 g/mol. The number of phenolic OH excluding ortho intramolecular Hbond substituents is 1. The van der Waals surface area contributed by atoms with Gasteiger partial charge >= 0.3 is 0 Å². The van der Waals surface area contributed by atoms with Crippen LogP contribution in [0.2, 0.25) is 0 Å². The van der Waals surface area contributed by atoms with Crippen LogP contribution in [0.1, 0.15) is 17.4 Å². The Labute approximate surface area is 109 Å². The van der Waals surface area contributed by atoms with Crippen molar-refractivity contribution in [2.75, 3.05) is 0 Å². The molecule has 0 aliphatic heterocycles. The summed E-state index contributed by atoms with van der Waals surface area (Å²) in [6.45, 7) is 0. The number of aromatic nitrogens is 4. The van der Waals surface area contributed by atoms with E-state index in [-0.39, 0.29) is 11.8 Å². The molecule has 0 fully saturated rings. The van der Waals surface area contributed by atoms with Crippen molar-refractivity contribution in [1.82, 2.24) is 19.6 Å². The first-order chi connectivity index (χ1) is 9.24. The fourth-order valence-corrected chi connectivity index (χ4v) is 2.00. The maximum absolute atomic E-state index is 9.25. The van der Waals surface area contributed by atoms with E-state index in [0.717, 1.165) is 5.56 Å². The van der Waals surface area contributed by atoms with E-state index in [1.165, 1.54) is 0 Å². The van der Waals surface area contributed by atoms with Crippen LogP contribution in [0.25, 0.3) is 5.65 Å². The summed E-state index contributed by atoms with van der Waals surface area (Å²) in [5, 5.41) is 17.4. The number of benzene rings is 1. The second-order valence-corrected chi connectivity index (χ2v) is 4.34. The van der Waals surface area contributed by atoms with Crippen LogP contribution in [0.3, 0.4) is 0 Å². The number of fused-ring (bicyclic) bond motifs is 1. The Morgan fingerprint density at radius 2 is 2.00 bits per heavy atom. The third-order valence-electron chi connectivity index (χ3n) is 2.96. The normalized spacial score (nSPS) is 12.7. The molecule has 0 aliphatic carbocycles. The summed E-state index contributed by atoms with van der Waals surface area (Å²) < 4.78 is 1.83. The van der Waals surface area contributed by atoms with Gasteiger partial charge in [0.25, 0.3) is 0 Å². The summed E-state index contributed by atoms with van der Waals surface area (Å²) in [6, 6.07) is 6.73. The van der Waals surface area contributed by atoms with Crippen molar-refractivity contribution in [1.29, 1.82) is 0 Å². The van der Waals surface area contributed by atoms with Crippen molar-refractivity contribution < 1.29 is 5.11 Å². The van der Waals surface area contributed by atoms with E-state index < -0.39 is 0 Å². The van der Waals surface area contributed by atoms with Crippen LogP contribution in [0.15, 0.2) is 42.9 Å². The molecule has 2 heterocycles. The van der Waals surface area contributed by atoms with Gasteiger partial charge in [0.2, 0.25) is 0 Å². The lowest BCUT2D eigenvalue weighted by molar-refractivity contribution is 0.475. The average molecular weight is 255 g/mol. The number of nitrogens with zero attached hydrogens (tertiary/aromatic N) is 4. The lowest BCUT2D eigenvalue weighted by atomic mass is 10.1. The number of aromatic hydroxyl groups is 1. The molecule has 0 aliphatic rings. The first kappa shape index (κ1) is 11.6. The van der Waals surface area contributed by atoms with Crippen LogP contribution >= 0.6 is 0 Å². The summed E-state index contributed by atoms with van der Waals surface area (Å²) in [5.74, 6) is 0.946. The summed E-state index contributed by atoms with van der Waals surface area (Å²) in [7, 11) is 0. The second kappa shape index (κ2) is 4.66. The molecule has 1 atom stereocenters. The molecule has 0 spiro atoms. The molecule has 2 aromatic heterocycles. The molecule has 0 saturated heterocycles.